The molecule has 0 aromatic heterocycles. The van der Waals surface area contributed by atoms with Crippen molar-refractivity contribution in [2.45, 2.75) is 0 Å². The Morgan fingerprint density at radius 1 is 1.00 bits per heavy atom. The van der Waals surface area contributed by atoms with Crippen LogP contribution in [0.1, 0.15) is 0 Å². The van der Waals surface area contributed by atoms with Gasteiger partial charge in [-0.1, -0.05) is 23.2 Å². The molecule has 2 rings (SSSR count). The van der Waals surface area contributed by atoms with E-state index in [1.54, 1.807) is 18.2 Å². The van der Waals surface area contributed by atoms with Gasteiger partial charge >= 0.3 is 0 Å². The largest absolute Gasteiger partial charge is 0.455 e. The molecular weight excluding hydrogens is 372 g/mol. The maximum atomic E-state index is 5.90. The molecule has 0 spiro atoms. The number of hydrogen-bond acceptors (Lipinski definition) is 2. The van der Waals surface area contributed by atoms with Gasteiger partial charge in [-0.05, 0) is 52.9 Å². The summed E-state index contributed by atoms with van der Waals surface area (Å²) in [7, 11) is 0. The fraction of sp³-hybridized carbons (Fsp3) is 0. The third-order valence-corrected chi connectivity index (χ3v) is 3.50. The van der Waals surface area contributed by atoms with Gasteiger partial charge in [-0.3, -0.25) is 0 Å². The van der Waals surface area contributed by atoms with Crippen LogP contribution in [-0.4, -0.2) is 0 Å². The lowest BCUT2D eigenvalue weighted by atomic mass is 10.3. The smallest absolute Gasteiger partial charge is 0.150 e. The summed E-state index contributed by atoms with van der Waals surface area (Å²) in [6.07, 6.45) is 0. The minimum atomic E-state index is 0.452. The first-order valence-electron chi connectivity index (χ1n) is 4.74. The molecule has 0 fully saturated rings. The normalized spacial score (nSPS) is 10.3. The fourth-order valence-corrected chi connectivity index (χ4v) is 2.08. The number of nitrogen functional groups attached to an aromatic ring is 1. The lowest BCUT2D eigenvalue weighted by molar-refractivity contribution is 0.485. The highest BCUT2D eigenvalue weighted by atomic mass is 127. The lowest BCUT2D eigenvalue weighted by Crippen LogP contribution is -1.92. The average molecular weight is 380 g/mol. The van der Waals surface area contributed by atoms with Crippen molar-refractivity contribution in [3.05, 3.63) is 50.0 Å². The van der Waals surface area contributed by atoms with E-state index >= 15 is 0 Å². The molecule has 0 atom stereocenters. The molecule has 5 heteroatoms. The van der Waals surface area contributed by atoms with Crippen molar-refractivity contribution in [1.82, 2.24) is 0 Å². The molecule has 2 aromatic rings. The molecule has 2 N–H and O–H groups in total. The highest BCUT2D eigenvalue weighted by molar-refractivity contribution is 14.1. The van der Waals surface area contributed by atoms with Gasteiger partial charge in [-0.25, -0.2) is 0 Å². The summed E-state index contributed by atoms with van der Waals surface area (Å²) in [5, 5.41) is 0.947. The molecule has 0 aliphatic carbocycles. The van der Waals surface area contributed by atoms with E-state index in [4.69, 9.17) is 33.7 Å². The van der Waals surface area contributed by atoms with Gasteiger partial charge in [0.1, 0.15) is 11.5 Å². The lowest BCUT2D eigenvalue weighted by Gasteiger charge is -2.09. The van der Waals surface area contributed by atoms with Crippen LogP contribution >= 0.6 is 45.8 Å². The summed E-state index contributed by atoms with van der Waals surface area (Å²) in [4.78, 5) is 0. The number of benzene rings is 2. The molecule has 17 heavy (non-hydrogen) atoms. The number of ether oxygens (including phenoxy) is 1. The molecule has 2 aromatic carbocycles. The maximum absolute atomic E-state index is 5.90. The van der Waals surface area contributed by atoms with Crippen LogP contribution in [0.25, 0.3) is 0 Å². The number of halogens is 3. The number of hydrogen-bond donors (Lipinski definition) is 1. The summed E-state index contributed by atoms with van der Waals surface area (Å²) in [5.74, 6) is 1.20. The van der Waals surface area contributed by atoms with E-state index in [1.807, 2.05) is 18.2 Å². The van der Waals surface area contributed by atoms with Crippen LogP contribution in [0, 0.1) is 3.57 Å². The predicted octanol–water partition coefficient (Wildman–Crippen LogP) is 4.97. The standard InChI is InChI=1S/C12H8Cl2INO/c13-9-3-2-8(6-10(9)14)17-12-4-1-7(15)5-11(12)16/h1-6H,16H2. The van der Waals surface area contributed by atoms with E-state index in [-0.39, 0.29) is 0 Å². The van der Waals surface area contributed by atoms with Crippen LogP contribution < -0.4 is 10.5 Å². The van der Waals surface area contributed by atoms with Gasteiger partial charge in [-0.15, -0.1) is 0 Å². The van der Waals surface area contributed by atoms with E-state index in [0.29, 0.717) is 27.2 Å². The van der Waals surface area contributed by atoms with Crippen molar-refractivity contribution < 1.29 is 4.74 Å². The van der Waals surface area contributed by atoms with E-state index in [9.17, 15) is 0 Å². The zero-order chi connectivity index (χ0) is 12.4. The highest BCUT2D eigenvalue weighted by Gasteiger charge is 2.05. The molecule has 0 aliphatic rings. The second kappa shape index (κ2) is 5.33. The van der Waals surface area contributed by atoms with Crippen LogP contribution in [0.15, 0.2) is 36.4 Å². The first-order chi connectivity index (χ1) is 8.06. The van der Waals surface area contributed by atoms with Crippen LogP contribution in [0.3, 0.4) is 0 Å². The van der Waals surface area contributed by atoms with Crippen molar-refractivity contribution in [2.75, 3.05) is 5.73 Å². The molecule has 0 bridgehead atoms. The van der Waals surface area contributed by atoms with E-state index in [0.717, 1.165) is 3.57 Å². The summed E-state index contributed by atoms with van der Waals surface area (Å²) in [6, 6.07) is 10.7. The van der Waals surface area contributed by atoms with Crippen LogP contribution in [0.2, 0.25) is 10.0 Å². The quantitative estimate of drug-likeness (QED) is 0.590. The topological polar surface area (TPSA) is 35.2 Å². The molecular formula is C12H8Cl2INO. The van der Waals surface area contributed by atoms with E-state index < -0.39 is 0 Å². The van der Waals surface area contributed by atoms with Gasteiger partial charge in [-0.2, -0.15) is 0 Å². The van der Waals surface area contributed by atoms with Crippen molar-refractivity contribution in [2.24, 2.45) is 0 Å². The summed E-state index contributed by atoms with van der Waals surface area (Å²) >= 11 is 13.9. The molecule has 0 aliphatic heterocycles. The molecule has 0 amide bonds. The van der Waals surface area contributed by atoms with Gasteiger partial charge in [0.2, 0.25) is 0 Å². The Labute approximate surface area is 123 Å². The Bertz CT molecular complexity index is 560. The Morgan fingerprint density at radius 3 is 2.41 bits per heavy atom. The maximum Gasteiger partial charge on any atom is 0.150 e. The monoisotopic (exact) mass is 379 g/mol. The molecule has 0 saturated heterocycles. The number of anilines is 1. The first kappa shape index (κ1) is 12.8. The van der Waals surface area contributed by atoms with Gasteiger partial charge in [0, 0.05) is 9.64 Å². The Balaban J connectivity index is 2.28. The van der Waals surface area contributed by atoms with Crippen LogP contribution in [-0.2, 0) is 0 Å². The molecule has 0 unspecified atom stereocenters. The highest BCUT2D eigenvalue weighted by Crippen LogP contribution is 2.32. The Hall–Kier alpha value is -0.650. The second-order valence-corrected chi connectivity index (χ2v) is 5.42. The zero-order valence-electron chi connectivity index (χ0n) is 8.58. The minimum absolute atomic E-state index is 0.452. The fourth-order valence-electron chi connectivity index (χ4n) is 1.28. The average Bonchev–Trinajstić information content (AvgIpc) is 2.27. The molecule has 0 heterocycles. The molecule has 0 saturated carbocycles. The molecule has 2 nitrogen and oxygen atoms in total. The van der Waals surface area contributed by atoms with Gasteiger partial charge < -0.3 is 10.5 Å². The number of rotatable bonds is 2. The third-order valence-electron chi connectivity index (χ3n) is 2.09. The van der Waals surface area contributed by atoms with E-state index in [1.165, 1.54) is 0 Å². The second-order valence-electron chi connectivity index (χ2n) is 3.36. The van der Waals surface area contributed by atoms with Crippen molar-refractivity contribution >= 4 is 51.5 Å². The van der Waals surface area contributed by atoms with Gasteiger partial charge in [0.05, 0.1) is 15.7 Å². The minimum Gasteiger partial charge on any atom is -0.455 e. The Morgan fingerprint density at radius 2 is 1.76 bits per heavy atom. The summed E-state index contributed by atoms with van der Waals surface area (Å²) < 4.78 is 6.69. The third kappa shape index (κ3) is 3.18. The molecule has 0 radical (unpaired) electrons. The van der Waals surface area contributed by atoms with E-state index in [2.05, 4.69) is 22.6 Å². The predicted molar refractivity (Wildman–Crippen MR) is 80.1 cm³/mol. The summed E-state index contributed by atoms with van der Waals surface area (Å²) in [5.41, 5.74) is 6.43. The van der Waals surface area contributed by atoms with Gasteiger partial charge in [0.25, 0.3) is 0 Å². The van der Waals surface area contributed by atoms with Crippen LogP contribution in [0.4, 0.5) is 5.69 Å². The molecule has 88 valence electrons. The van der Waals surface area contributed by atoms with Crippen molar-refractivity contribution in [3.8, 4) is 11.5 Å². The Kier molecular flexibility index (Phi) is 4.01. The van der Waals surface area contributed by atoms with Gasteiger partial charge in [0.15, 0.2) is 0 Å². The first-order valence-corrected chi connectivity index (χ1v) is 6.57. The van der Waals surface area contributed by atoms with Crippen molar-refractivity contribution in [1.29, 1.82) is 0 Å². The zero-order valence-corrected chi connectivity index (χ0v) is 12.3. The number of nitrogens with two attached hydrogens (primary N) is 1. The van der Waals surface area contributed by atoms with Crippen molar-refractivity contribution in [3.63, 3.8) is 0 Å². The SMILES string of the molecule is Nc1cc(I)ccc1Oc1ccc(Cl)c(Cl)c1. The van der Waals surface area contributed by atoms with Crippen LogP contribution in [0.5, 0.6) is 11.5 Å². The summed E-state index contributed by atoms with van der Waals surface area (Å²) in [6.45, 7) is 0.